The monoisotopic (exact) mass is 467 g/mol. The number of carboxylic acid groups (broad SMARTS) is 1. The molecule has 0 spiro atoms. The fourth-order valence-electron chi connectivity index (χ4n) is 4.13. The van der Waals surface area contributed by atoms with E-state index in [2.05, 4.69) is 0 Å². The predicted molar refractivity (Wildman–Crippen MR) is 113 cm³/mol. The van der Waals surface area contributed by atoms with Crippen LogP contribution in [0.1, 0.15) is 24.8 Å². The van der Waals surface area contributed by atoms with Gasteiger partial charge in [-0.15, -0.1) is 0 Å². The molecule has 2 aromatic carbocycles. The van der Waals surface area contributed by atoms with Gasteiger partial charge in [0.15, 0.2) is 9.84 Å². The lowest BCUT2D eigenvalue weighted by molar-refractivity contribution is -0.149. The molecule has 6 nitrogen and oxygen atoms in total. The minimum Gasteiger partial charge on any atom is -0.480 e. The molecule has 0 unspecified atom stereocenters. The topological polar surface area (TPSA) is 91.8 Å². The van der Waals surface area contributed by atoms with Crippen LogP contribution in [0.3, 0.4) is 0 Å². The zero-order valence-electron chi connectivity index (χ0n) is 15.8. The zero-order valence-corrected chi connectivity index (χ0v) is 18.1. The van der Waals surface area contributed by atoms with Crippen molar-refractivity contribution >= 4 is 44.9 Å². The summed E-state index contributed by atoms with van der Waals surface area (Å²) in [5.74, 6) is -1.57. The maximum atomic E-state index is 13.4. The third kappa shape index (κ3) is 3.49. The second-order valence-corrected chi connectivity index (χ2v) is 10.8. The molecule has 4 rings (SSSR count). The Morgan fingerprint density at radius 1 is 1.03 bits per heavy atom. The number of likely N-dealkylation sites (tertiary alicyclic amines) is 1. The van der Waals surface area contributed by atoms with Gasteiger partial charge >= 0.3 is 5.97 Å². The number of carboxylic acids is 1. The van der Waals surface area contributed by atoms with Crippen molar-refractivity contribution in [1.29, 1.82) is 0 Å². The first-order valence-electron chi connectivity index (χ1n) is 9.45. The van der Waals surface area contributed by atoms with Gasteiger partial charge in [-0.1, -0.05) is 47.5 Å². The molecular weight excluding hydrogens is 449 g/mol. The lowest BCUT2D eigenvalue weighted by Gasteiger charge is -2.27. The molecule has 1 aliphatic carbocycles. The summed E-state index contributed by atoms with van der Waals surface area (Å²) in [5.41, 5.74) is -0.0557. The Bertz CT molecular complexity index is 1110. The molecular formula is C21H19Cl2NO5S. The number of sulfone groups is 1. The fourth-order valence-corrected chi connectivity index (χ4v) is 6.47. The number of carbonyl (C=O) groups excluding carboxylic acids is 1. The minimum atomic E-state index is -3.90. The highest BCUT2D eigenvalue weighted by atomic mass is 35.5. The summed E-state index contributed by atoms with van der Waals surface area (Å²) in [7, 11) is -3.90. The second-order valence-electron chi connectivity index (χ2n) is 7.73. The van der Waals surface area contributed by atoms with E-state index >= 15 is 0 Å². The average Bonchev–Trinajstić information content (AvgIpc) is 3.38. The van der Waals surface area contributed by atoms with E-state index in [1.165, 1.54) is 17.0 Å². The van der Waals surface area contributed by atoms with Crippen molar-refractivity contribution in [3.05, 3.63) is 64.1 Å². The molecule has 1 heterocycles. The first kappa shape index (κ1) is 21.2. The van der Waals surface area contributed by atoms with Gasteiger partial charge in [0.1, 0.15) is 6.04 Å². The van der Waals surface area contributed by atoms with Crippen molar-refractivity contribution < 1.29 is 23.1 Å². The number of halogens is 2. The van der Waals surface area contributed by atoms with E-state index in [4.69, 9.17) is 23.2 Å². The smallest absolute Gasteiger partial charge is 0.326 e. The molecule has 2 aliphatic rings. The highest BCUT2D eigenvalue weighted by Crippen LogP contribution is 2.51. The van der Waals surface area contributed by atoms with Gasteiger partial charge in [0.05, 0.1) is 20.6 Å². The molecule has 1 N–H and O–H groups in total. The molecule has 2 atom stereocenters. The summed E-state index contributed by atoms with van der Waals surface area (Å²) in [6, 6.07) is 11.7. The van der Waals surface area contributed by atoms with Crippen molar-refractivity contribution in [1.82, 2.24) is 4.90 Å². The van der Waals surface area contributed by atoms with Crippen molar-refractivity contribution in [2.75, 3.05) is 6.54 Å². The lowest BCUT2D eigenvalue weighted by Crippen LogP contribution is -2.46. The summed E-state index contributed by atoms with van der Waals surface area (Å²) in [6.45, 7) is -0.182. The maximum Gasteiger partial charge on any atom is 0.326 e. The van der Waals surface area contributed by atoms with Crippen molar-refractivity contribution in [2.45, 2.75) is 40.9 Å². The lowest BCUT2D eigenvalue weighted by atomic mass is 9.94. The summed E-state index contributed by atoms with van der Waals surface area (Å²) in [6.07, 6.45) is 0.988. The standard InChI is InChI=1S/C21H19Cl2NO5S/c22-14-7-5-13(6-8-14)21(9-10-21)20(27)24-12-15(11-17(24)19(25)26)30(28,29)18-4-2-1-3-16(18)23/h1-8,15,17H,9-12H2,(H,25,26)/t15-,17+/m1/s1. The Labute approximate surface area is 184 Å². The van der Waals surface area contributed by atoms with Crippen LogP contribution < -0.4 is 0 Å². The molecule has 0 aromatic heterocycles. The van der Waals surface area contributed by atoms with Gasteiger partial charge in [-0.3, -0.25) is 4.79 Å². The molecule has 1 saturated heterocycles. The van der Waals surface area contributed by atoms with Crippen molar-refractivity contribution in [3.63, 3.8) is 0 Å². The Hall–Kier alpha value is -2.09. The van der Waals surface area contributed by atoms with Crippen LogP contribution in [-0.2, 0) is 24.8 Å². The molecule has 0 radical (unpaired) electrons. The number of hydrogen-bond acceptors (Lipinski definition) is 4. The van der Waals surface area contributed by atoms with Crippen LogP contribution in [0.4, 0.5) is 0 Å². The first-order valence-corrected chi connectivity index (χ1v) is 11.8. The molecule has 2 aromatic rings. The third-order valence-corrected chi connectivity index (χ3v) is 8.83. The van der Waals surface area contributed by atoms with Gasteiger partial charge in [-0.05, 0) is 49.1 Å². The van der Waals surface area contributed by atoms with Crippen LogP contribution >= 0.6 is 23.2 Å². The van der Waals surface area contributed by atoms with Crippen molar-refractivity contribution in [2.24, 2.45) is 0 Å². The van der Waals surface area contributed by atoms with E-state index in [1.54, 1.807) is 36.4 Å². The number of carbonyl (C=O) groups is 2. The molecule has 2 fully saturated rings. The number of rotatable bonds is 5. The van der Waals surface area contributed by atoms with Crippen molar-refractivity contribution in [3.8, 4) is 0 Å². The normalized spacial score (nSPS) is 22.7. The molecule has 1 saturated carbocycles. The van der Waals surface area contributed by atoms with E-state index in [-0.39, 0.29) is 28.8 Å². The Kier molecular flexibility index (Phi) is 5.33. The molecule has 1 aliphatic heterocycles. The highest BCUT2D eigenvalue weighted by molar-refractivity contribution is 7.92. The van der Waals surface area contributed by atoms with Crippen LogP contribution in [0.5, 0.6) is 0 Å². The number of nitrogens with zero attached hydrogens (tertiary/aromatic N) is 1. The second kappa shape index (κ2) is 7.55. The quantitative estimate of drug-likeness (QED) is 0.725. The fraction of sp³-hybridized carbons (Fsp3) is 0.333. The number of hydrogen-bond donors (Lipinski definition) is 1. The molecule has 0 bridgehead atoms. The molecule has 158 valence electrons. The van der Waals surface area contributed by atoms with Gasteiger partial charge in [0.25, 0.3) is 0 Å². The van der Waals surface area contributed by atoms with E-state index in [9.17, 15) is 23.1 Å². The van der Waals surface area contributed by atoms with E-state index in [0.717, 1.165) is 5.56 Å². The Morgan fingerprint density at radius 3 is 2.23 bits per heavy atom. The highest BCUT2D eigenvalue weighted by Gasteiger charge is 2.57. The van der Waals surface area contributed by atoms with Gasteiger partial charge in [-0.2, -0.15) is 0 Å². The van der Waals surface area contributed by atoms with Crippen LogP contribution in [0.15, 0.2) is 53.4 Å². The predicted octanol–water partition coefficient (Wildman–Crippen LogP) is 3.55. The third-order valence-electron chi connectivity index (χ3n) is 5.95. The SMILES string of the molecule is O=C(O)[C@@H]1C[C@@H](S(=O)(=O)c2ccccc2Cl)CN1C(=O)C1(c2ccc(Cl)cc2)CC1. The van der Waals surface area contributed by atoms with Crippen LogP contribution in [0.2, 0.25) is 10.0 Å². The number of benzene rings is 2. The minimum absolute atomic E-state index is 0.0473. The summed E-state index contributed by atoms with van der Waals surface area (Å²) >= 11 is 12.0. The van der Waals surface area contributed by atoms with Crippen LogP contribution in [0.25, 0.3) is 0 Å². The molecule has 30 heavy (non-hydrogen) atoms. The number of amides is 1. The Morgan fingerprint density at radius 2 is 1.67 bits per heavy atom. The van der Waals surface area contributed by atoms with Gasteiger partial charge < -0.3 is 10.0 Å². The summed E-state index contributed by atoms with van der Waals surface area (Å²) in [5, 5.41) is 9.28. The first-order chi connectivity index (χ1) is 14.2. The summed E-state index contributed by atoms with van der Waals surface area (Å²) < 4.78 is 26.3. The summed E-state index contributed by atoms with van der Waals surface area (Å²) in [4.78, 5) is 26.5. The number of aliphatic carboxylic acids is 1. The maximum absolute atomic E-state index is 13.4. The van der Waals surface area contributed by atoms with Gasteiger partial charge in [0.2, 0.25) is 5.91 Å². The zero-order chi connectivity index (χ0) is 21.7. The van der Waals surface area contributed by atoms with Crippen LogP contribution in [-0.4, -0.2) is 48.1 Å². The van der Waals surface area contributed by atoms with Gasteiger partial charge in [0, 0.05) is 11.6 Å². The van der Waals surface area contributed by atoms with Crippen LogP contribution in [0, 0.1) is 0 Å². The molecule has 1 amide bonds. The largest absolute Gasteiger partial charge is 0.480 e. The average molecular weight is 468 g/mol. The molecule has 9 heteroatoms. The van der Waals surface area contributed by atoms with E-state index < -0.39 is 32.5 Å². The Balaban J connectivity index is 1.65. The van der Waals surface area contributed by atoms with Gasteiger partial charge in [-0.25, -0.2) is 13.2 Å². The van der Waals surface area contributed by atoms with E-state index in [0.29, 0.717) is 17.9 Å². The van der Waals surface area contributed by atoms with E-state index in [1.807, 2.05) is 0 Å².